The van der Waals surface area contributed by atoms with Gasteiger partial charge in [-0.15, -0.1) is 0 Å². The summed E-state index contributed by atoms with van der Waals surface area (Å²) < 4.78 is 0. The van der Waals surface area contributed by atoms with Gasteiger partial charge in [0.25, 0.3) is 0 Å². The zero-order chi connectivity index (χ0) is 17.9. The van der Waals surface area contributed by atoms with Crippen molar-refractivity contribution in [2.75, 3.05) is 18.0 Å². The zero-order valence-corrected chi connectivity index (χ0v) is 14.3. The van der Waals surface area contributed by atoms with Crippen molar-refractivity contribution in [3.8, 4) is 0 Å². The fourth-order valence-corrected chi connectivity index (χ4v) is 3.28. The van der Waals surface area contributed by atoms with E-state index in [1.54, 1.807) is 22.2 Å². The highest BCUT2D eigenvalue weighted by molar-refractivity contribution is 5.97. The molecule has 2 amide bonds. The molecule has 6 heteroatoms. The van der Waals surface area contributed by atoms with E-state index in [9.17, 15) is 9.90 Å². The molecule has 2 aliphatic heterocycles. The molecule has 0 radical (unpaired) electrons. The Balaban J connectivity index is 1.72. The number of pyridine rings is 1. The highest BCUT2D eigenvalue weighted by Gasteiger charge is 2.33. The van der Waals surface area contributed by atoms with E-state index >= 15 is 0 Å². The number of urea groups is 1. The topological polar surface area (TPSA) is 68.7 Å². The molecule has 0 spiro atoms. The molecule has 3 heterocycles. The van der Waals surface area contributed by atoms with Gasteiger partial charge in [-0.25, -0.2) is 9.69 Å². The van der Waals surface area contributed by atoms with Crippen LogP contribution in [0.3, 0.4) is 0 Å². The van der Waals surface area contributed by atoms with Crippen LogP contribution in [-0.2, 0) is 13.2 Å². The minimum atomic E-state index is -0.0921. The van der Waals surface area contributed by atoms with Gasteiger partial charge >= 0.3 is 6.03 Å². The molecule has 132 valence electrons. The van der Waals surface area contributed by atoms with Gasteiger partial charge < -0.3 is 15.3 Å². The molecule has 2 aromatic rings. The van der Waals surface area contributed by atoms with Crippen LogP contribution in [0.25, 0.3) is 0 Å². The SMILES string of the molecule is O=C1N(Cc2cccnc2)CC2=C(NCC=C2)N1c1cccc(CO)c1. The number of nitrogens with zero attached hydrogens (tertiary/aromatic N) is 3. The normalized spacial score (nSPS) is 16.6. The molecule has 4 rings (SSSR count). The third-order valence-corrected chi connectivity index (χ3v) is 4.50. The second-order valence-corrected chi connectivity index (χ2v) is 6.32. The summed E-state index contributed by atoms with van der Waals surface area (Å²) in [5.41, 5.74) is 3.57. The summed E-state index contributed by atoms with van der Waals surface area (Å²) in [7, 11) is 0. The molecular formula is C20H20N4O2. The van der Waals surface area contributed by atoms with E-state index in [0.29, 0.717) is 19.6 Å². The van der Waals surface area contributed by atoms with E-state index in [4.69, 9.17) is 0 Å². The summed E-state index contributed by atoms with van der Waals surface area (Å²) in [5.74, 6) is 0.815. The second-order valence-electron chi connectivity index (χ2n) is 6.32. The average molecular weight is 348 g/mol. The Morgan fingerprint density at radius 1 is 1.19 bits per heavy atom. The smallest absolute Gasteiger partial charge is 0.330 e. The molecule has 0 bridgehead atoms. The Morgan fingerprint density at radius 2 is 2.08 bits per heavy atom. The molecule has 1 aromatic carbocycles. The molecule has 0 fully saturated rings. The molecule has 26 heavy (non-hydrogen) atoms. The summed E-state index contributed by atoms with van der Waals surface area (Å²) >= 11 is 0. The first-order valence-corrected chi connectivity index (χ1v) is 8.57. The Hall–Kier alpha value is -3.12. The van der Waals surface area contributed by atoms with Gasteiger partial charge in [-0.3, -0.25) is 4.98 Å². The number of carbonyl (C=O) groups is 1. The third-order valence-electron chi connectivity index (χ3n) is 4.50. The van der Waals surface area contributed by atoms with Gasteiger partial charge in [0.05, 0.1) is 18.8 Å². The lowest BCUT2D eigenvalue weighted by molar-refractivity contribution is 0.204. The first kappa shape index (κ1) is 16.4. The second kappa shape index (κ2) is 7.01. The summed E-state index contributed by atoms with van der Waals surface area (Å²) in [4.78, 5) is 20.9. The van der Waals surface area contributed by atoms with Crippen LogP contribution >= 0.6 is 0 Å². The van der Waals surface area contributed by atoms with Crippen LogP contribution in [-0.4, -0.2) is 34.1 Å². The van der Waals surface area contributed by atoms with Crippen LogP contribution in [0, 0.1) is 0 Å². The molecule has 0 saturated heterocycles. The number of hydrogen-bond donors (Lipinski definition) is 2. The van der Waals surface area contributed by atoms with Crippen LogP contribution in [0.1, 0.15) is 11.1 Å². The van der Waals surface area contributed by atoms with Crippen molar-refractivity contribution in [3.05, 3.63) is 83.5 Å². The summed E-state index contributed by atoms with van der Waals surface area (Å²) in [6.07, 6.45) is 7.63. The molecule has 1 aromatic heterocycles. The maximum Gasteiger partial charge on any atom is 0.330 e. The van der Waals surface area contributed by atoms with E-state index in [1.807, 2.05) is 36.4 Å². The average Bonchev–Trinajstić information content (AvgIpc) is 2.69. The van der Waals surface area contributed by atoms with Crippen LogP contribution in [0.15, 0.2) is 72.3 Å². The number of carbonyl (C=O) groups excluding carboxylic acids is 1. The number of rotatable bonds is 4. The maximum atomic E-state index is 13.3. The Labute approximate surface area is 152 Å². The summed E-state index contributed by atoms with van der Waals surface area (Å²) in [5, 5.41) is 12.8. The van der Waals surface area contributed by atoms with E-state index in [0.717, 1.165) is 28.2 Å². The highest BCUT2D eigenvalue weighted by Crippen LogP contribution is 2.29. The first-order valence-electron chi connectivity index (χ1n) is 8.57. The zero-order valence-electron chi connectivity index (χ0n) is 14.3. The van der Waals surface area contributed by atoms with E-state index in [-0.39, 0.29) is 12.6 Å². The Bertz CT molecular complexity index is 876. The number of amides is 2. The van der Waals surface area contributed by atoms with Crippen molar-refractivity contribution in [2.24, 2.45) is 0 Å². The molecule has 0 atom stereocenters. The number of nitrogens with one attached hydrogen (secondary N) is 1. The van der Waals surface area contributed by atoms with Crippen molar-refractivity contribution in [1.29, 1.82) is 0 Å². The predicted molar refractivity (Wildman–Crippen MR) is 99.1 cm³/mol. The van der Waals surface area contributed by atoms with Crippen molar-refractivity contribution < 1.29 is 9.90 Å². The number of aliphatic hydroxyl groups is 1. The van der Waals surface area contributed by atoms with Crippen molar-refractivity contribution in [3.63, 3.8) is 0 Å². The van der Waals surface area contributed by atoms with Crippen molar-refractivity contribution in [2.45, 2.75) is 13.2 Å². The minimum absolute atomic E-state index is 0.0610. The lowest BCUT2D eigenvalue weighted by Gasteiger charge is -2.39. The number of hydrogen-bond acceptors (Lipinski definition) is 4. The van der Waals surface area contributed by atoms with E-state index in [1.165, 1.54) is 0 Å². The van der Waals surface area contributed by atoms with Crippen molar-refractivity contribution in [1.82, 2.24) is 15.2 Å². The predicted octanol–water partition coefficient (Wildman–Crippen LogP) is 2.39. The Kier molecular flexibility index (Phi) is 4.41. The van der Waals surface area contributed by atoms with E-state index < -0.39 is 0 Å². The lowest BCUT2D eigenvalue weighted by Crippen LogP contribution is -2.51. The molecule has 0 unspecified atom stereocenters. The summed E-state index contributed by atoms with van der Waals surface area (Å²) in [6, 6.07) is 11.2. The van der Waals surface area contributed by atoms with Crippen molar-refractivity contribution >= 4 is 11.7 Å². The highest BCUT2D eigenvalue weighted by atomic mass is 16.3. The molecule has 2 aliphatic rings. The van der Waals surface area contributed by atoms with Gasteiger partial charge in [0.2, 0.25) is 0 Å². The number of benzene rings is 1. The lowest BCUT2D eigenvalue weighted by atomic mass is 10.1. The van der Waals surface area contributed by atoms with Gasteiger partial charge in [0.1, 0.15) is 5.82 Å². The van der Waals surface area contributed by atoms with Gasteiger partial charge in [0, 0.05) is 31.1 Å². The maximum absolute atomic E-state index is 13.3. The fourth-order valence-electron chi connectivity index (χ4n) is 3.28. The largest absolute Gasteiger partial charge is 0.392 e. The third kappa shape index (κ3) is 3.07. The first-order chi connectivity index (χ1) is 12.8. The van der Waals surface area contributed by atoms with Gasteiger partial charge in [0.15, 0.2) is 0 Å². The van der Waals surface area contributed by atoms with Crippen LogP contribution in [0.4, 0.5) is 10.5 Å². The molecule has 6 nitrogen and oxygen atoms in total. The van der Waals surface area contributed by atoms with Crippen LogP contribution in [0.5, 0.6) is 0 Å². The standard InChI is InChI=1S/C20H20N4O2/c25-14-15-4-1-7-18(10-15)24-19-17(6-3-9-22-19)13-23(20(24)26)12-16-5-2-8-21-11-16/h1-8,10-11,22,25H,9,12-14H2. The Morgan fingerprint density at radius 3 is 2.88 bits per heavy atom. The quantitative estimate of drug-likeness (QED) is 0.890. The molecule has 0 saturated carbocycles. The summed E-state index contributed by atoms with van der Waals surface area (Å²) in [6.45, 7) is 1.66. The van der Waals surface area contributed by atoms with Crippen LogP contribution < -0.4 is 10.2 Å². The monoisotopic (exact) mass is 348 g/mol. The van der Waals surface area contributed by atoms with Gasteiger partial charge in [-0.2, -0.15) is 0 Å². The molecule has 0 aliphatic carbocycles. The molecule has 2 N–H and O–H groups in total. The fraction of sp³-hybridized carbons (Fsp3) is 0.200. The van der Waals surface area contributed by atoms with E-state index in [2.05, 4.69) is 22.5 Å². The molecular weight excluding hydrogens is 328 g/mol. The van der Waals surface area contributed by atoms with Gasteiger partial charge in [-0.1, -0.05) is 30.4 Å². The van der Waals surface area contributed by atoms with Crippen LogP contribution in [0.2, 0.25) is 0 Å². The number of aliphatic hydroxyl groups excluding tert-OH is 1. The van der Waals surface area contributed by atoms with Gasteiger partial charge in [-0.05, 0) is 29.3 Å². The number of aromatic nitrogens is 1. The number of anilines is 1. The minimum Gasteiger partial charge on any atom is -0.392 e. The number of dihydropyridines is 1.